The number of benzene rings is 2. The van der Waals surface area contributed by atoms with Crippen LogP contribution in [0.1, 0.15) is 10.5 Å². The number of aryl methyl sites for hydroxylation is 1. The van der Waals surface area contributed by atoms with Gasteiger partial charge in [0, 0.05) is 23.5 Å². The minimum absolute atomic E-state index is 0.282. The monoisotopic (exact) mass is 281 g/mol. The SMILES string of the molecule is COc1ccc2c(c1)c(-c1ccccc1)c(C(=O)O)n2C. The lowest BCUT2D eigenvalue weighted by atomic mass is 10.0. The fourth-order valence-corrected chi connectivity index (χ4v) is 2.70. The van der Waals surface area contributed by atoms with E-state index < -0.39 is 5.97 Å². The summed E-state index contributed by atoms with van der Waals surface area (Å²) in [6, 6.07) is 15.1. The molecule has 21 heavy (non-hydrogen) atoms. The molecule has 0 spiro atoms. The van der Waals surface area contributed by atoms with Gasteiger partial charge in [-0.3, -0.25) is 0 Å². The van der Waals surface area contributed by atoms with E-state index in [1.54, 1.807) is 18.7 Å². The Morgan fingerprint density at radius 3 is 2.48 bits per heavy atom. The summed E-state index contributed by atoms with van der Waals surface area (Å²) in [5.41, 5.74) is 2.75. The lowest BCUT2D eigenvalue weighted by Gasteiger charge is -2.03. The van der Waals surface area contributed by atoms with E-state index in [4.69, 9.17) is 4.74 Å². The van der Waals surface area contributed by atoms with Crippen molar-refractivity contribution in [1.82, 2.24) is 4.57 Å². The van der Waals surface area contributed by atoms with Crippen molar-refractivity contribution < 1.29 is 14.6 Å². The van der Waals surface area contributed by atoms with Gasteiger partial charge in [-0.1, -0.05) is 30.3 Å². The van der Waals surface area contributed by atoms with Gasteiger partial charge >= 0.3 is 5.97 Å². The largest absolute Gasteiger partial charge is 0.497 e. The molecule has 0 aliphatic heterocycles. The number of carboxylic acids is 1. The zero-order chi connectivity index (χ0) is 15.0. The van der Waals surface area contributed by atoms with Gasteiger partial charge < -0.3 is 14.4 Å². The van der Waals surface area contributed by atoms with E-state index in [2.05, 4.69) is 0 Å². The van der Waals surface area contributed by atoms with Crippen LogP contribution in [0.3, 0.4) is 0 Å². The van der Waals surface area contributed by atoms with E-state index in [-0.39, 0.29) is 5.69 Å². The third-order valence-corrected chi connectivity index (χ3v) is 3.67. The smallest absolute Gasteiger partial charge is 0.353 e. The van der Waals surface area contributed by atoms with Crippen LogP contribution in [0.2, 0.25) is 0 Å². The molecular weight excluding hydrogens is 266 g/mol. The Labute approximate surface area is 122 Å². The number of rotatable bonds is 3. The third-order valence-electron chi connectivity index (χ3n) is 3.67. The van der Waals surface area contributed by atoms with Crippen molar-refractivity contribution in [2.45, 2.75) is 0 Å². The van der Waals surface area contributed by atoms with Gasteiger partial charge in [0.05, 0.1) is 7.11 Å². The molecule has 0 fully saturated rings. The Kier molecular flexibility index (Phi) is 3.14. The van der Waals surface area contributed by atoms with Gasteiger partial charge in [0.25, 0.3) is 0 Å². The Bertz CT molecular complexity index is 819. The highest BCUT2D eigenvalue weighted by Crippen LogP contribution is 2.36. The Balaban J connectivity index is 2.44. The number of methoxy groups -OCH3 is 1. The molecule has 0 aliphatic carbocycles. The zero-order valence-electron chi connectivity index (χ0n) is 11.8. The molecule has 0 saturated carbocycles. The van der Waals surface area contributed by atoms with Crippen molar-refractivity contribution in [2.24, 2.45) is 7.05 Å². The molecule has 0 saturated heterocycles. The molecule has 106 valence electrons. The second-order valence-electron chi connectivity index (χ2n) is 4.84. The van der Waals surface area contributed by atoms with Gasteiger partial charge in [-0.15, -0.1) is 0 Å². The minimum atomic E-state index is -0.938. The molecular formula is C17H15NO3. The van der Waals surface area contributed by atoms with E-state index in [0.29, 0.717) is 5.75 Å². The fraction of sp³-hybridized carbons (Fsp3) is 0.118. The van der Waals surface area contributed by atoms with Crippen LogP contribution in [-0.2, 0) is 7.05 Å². The van der Waals surface area contributed by atoms with Crippen molar-refractivity contribution in [3.05, 3.63) is 54.2 Å². The van der Waals surface area contributed by atoms with Crippen molar-refractivity contribution >= 4 is 16.9 Å². The molecule has 1 aromatic heterocycles. The van der Waals surface area contributed by atoms with Gasteiger partial charge in [-0.2, -0.15) is 0 Å². The minimum Gasteiger partial charge on any atom is -0.497 e. The normalized spacial score (nSPS) is 10.8. The van der Waals surface area contributed by atoms with E-state index in [1.807, 2.05) is 48.5 Å². The predicted molar refractivity (Wildman–Crippen MR) is 81.9 cm³/mol. The zero-order valence-corrected chi connectivity index (χ0v) is 11.8. The highest BCUT2D eigenvalue weighted by molar-refractivity contribution is 6.08. The van der Waals surface area contributed by atoms with E-state index in [9.17, 15) is 9.90 Å². The van der Waals surface area contributed by atoms with Crippen LogP contribution in [0.5, 0.6) is 5.75 Å². The maximum atomic E-state index is 11.7. The van der Waals surface area contributed by atoms with Crippen molar-refractivity contribution in [1.29, 1.82) is 0 Å². The molecule has 4 heteroatoms. The lowest BCUT2D eigenvalue weighted by molar-refractivity contribution is 0.0688. The highest BCUT2D eigenvalue weighted by atomic mass is 16.5. The van der Waals surface area contributed by atoms with E-state index >= 15 is 0 Å². The molecule has 0 aliphatic rings. The molecule has 0 bridgehead atoms. The first-order chi connectivity index (χ1) is 10.1. The van der Waals surface area contributed by atoms with Crippen molar-refractivity contribution in [3.8, 4) is 16.9 Å². The average molecular weight is 281 g/mol. The van der Waals surface area contributed by atoms with Crippen LogP contribution in [0.4, 0.5) is 0 Å². The second kappa shape index (κ2) is 4.98. The van der Waals surface area contributed by atoms with Crippen LogP contribution in [-0.4, -0.2) is 22.8 Å². The molecule has 0 unspecified atom stereocenters. The van der Waals surface area contributed by atoms with E-state index in [1.165, 1.54) is 0 Å². The maximum absolute atomic E-state index is 11.7. The van der Waals surface area contributed by atoms with Crippen molar-refractivity contribution in [2.75, 3.05) is 7.11 Å². The summed E-state index contributed by atoms with van der Waals surface area (Å²) in [6.45, 7) is 0. The molecule has 4 nitrogen and oxygen atoms in total. The number of hydrogen-bond acceptors (Lipinski definition) is 2. The number of nitrogens with zero attached hydrogens (tertiary/aromatic N) is 1. The number of aromatic nitrogens is 1. The van der Waals surface area contributed by atoms with Gasteiger partial charge in [-0.25, -0.2) is 4.79 Å². The molecule has 0 radical (unpaired) electrons. The molecule has 3 aromatic rings. The summed E-state index contributed by atoms with van der Waals surface area (Å²) in [4.78, 5) is 11.7. The maximum Gasteiger partial charge on any atom is 0.353 e. The first-order valence-corrected chi connectivity index (χ1v) is 6.58. The summed E-state index contributed by atoms with van der Waals surface area (Å²) in [5, 5.41) is 10.5. The van der Waals surface area contributed by atoms with Gasteiger partial charge in [0.2, 0.25) is 0 Å². The second-order valence-corrected chi connectivity index (χ2v) is 4.84. The first-order valence-electron chi connectivity index (χ1n) is 6.58. The summed E-state index contributed by atoms with van der Waals surface area (Å²) in [6.07, 6.45) is 0. The van der Waals surface area contributed by atoms with Crippen LogP contribution in [0, 0.1) is 0 Å². The van der Waals surface area contributed by atoms with Gasteiger partial charge in [0.15, 0.2) is 0 Å². The van der Waals surface area contributed by atoms with Crippen molar-refractivity contribution in [3.63, 3.8) is 0 Å². The molecule has 1 heterocycles. The molecule has 0 amide bonds. The van der Waals surface area contributed by atoms with Crippen LogP contribution < -0.4 is 4.74 Å². The summed E-state index contributed by atoms with van der Waals surface area (Å²) < 4.78 is 6.97. The number of hydrogen-bond donors (Lipinski definition) is 1. The summed E-state index contributed by atoms with van der Waals surface area (Å²) in [5.74, 6) is -0.228. The first kappa shape index (κ1) is 13.2. The Hall–Kier alpha value is -2.75. The van der Waals surface area contributed by atoms with Crippen LogP contribution >= 0.6 is 0 Å². The Morgan fingerprint density at radius 1 is 1.14 bits per heavy atom. The van der Waals surface area contributed by atoms with Crippen LogP contribution in [0.25, 0.3) is 22.0 Å². The van der Waals surface area contributed by atoms with Gasteiger partial charge in [0.1, 0.15) is 11.4 Å². The number of fused-ring (bicyclic) bond motifs is 1. The lowest BCUT2D eigenvalue weighted by Crippen LogP contribution is -2.05. The Morgan fingerprint density at radius 2 is 1.86 bits per heavy atom. The highest BCUT2D eigenvalue weighted by Gasteiger charge is 2.21. The standard InChI is InChI=1S/C17H15NO3/c1-18-14-9-8-12(21-2)10-13(14)15(16(18)17(19)20)11-6-4-3-5-7-11/h3-10H,1-2H3,(H,19,20). The molecule has 0 atom stereocenters. The molecule has 3 rings (SSSR count). The molecule has 2 aromatic carbocycles. The molecule has 1 N–H and O–H groups in total. The number of ether oxygens (including phenoxy) is 1. The topological polar surface area (TPSA) is 51.5 Å². The quantitative estimate of drug-likeness (QED) is 0.798. The van der Waals surface area contributed by atoms with Crippen LogP contribution in [0.15, 0.2) is 48.5 Å². The van der Waals surface area contributed by atoms with Gasteiger partial charge in [-0.05, 0) is 23.8 Å². The summed E-state index contributed by atoms with van der Waals surface area (Å²) >= 11 is 0. The number of aromatic carboxylic acids is 1. The number of carboxylic acid groups (broad SMARTS) is 1. The number of carbonyl (C=O) groups is 1. The van der Waals surface area contributed by atoms with E-state index in [0.717, 1.165) is 22.0 Å². The third kappa shape index (κ3) is 2.05. The summed E-state index contributed by atoms with van der Waals surface area (Å²) in [7, 11) is 3.37. The average Bonchev–Trinajstić information content (AvgIpc) is 2.80. The predicted octanol–water partition coefficient (Wildman–Crippen LogP) is 3.55. The fourth-order valence-electron chi connectivity index (χ4n) is 2.70.